The van der Waals surface area contributed by atoms with E-state index in [1.165, 1.54) is 12.1 Å². The van der Waals surface area contributed by atoms with E-state index in [-0.39, 0.29) is 16.0 Å². The zero-order valence-corrected chi connectivity index (χ0v) is 10.7. The average Bonchev–Trinajstić information content (AvgIpc) is 3.16. The average molecular weight is 283 g/mol. The van der Waals surface area contributed by atoms with Crippen molar-refractivity contribution >= 4 is 23.4 Å². The summed E-state index contributed by atoms with van der Waals surface area (Å²) in [6, 6.07) is 2.67. The minimum atomic E-state index is -1.52. The lowest BCUT2D eigenvalue weighted by molar-refractivity contribution is -0.131. The summed E-state index contributed by atoms with van der Waals surface area (Å²) in [6.45, 7) is 1.03. The fourth-order valence-electron chi connectivity index (χ4n) is 2.03. The molecular formula is C13H11ClO5. The third kappa shape index (κ3) is 2.14. The van der Waals surface area contributed by atoms with Crippen LogP contribution in [-0.2, 0) is 4.79 Å². The summed E-state index contributed by atoms with van der Waals surface area (Å²) < 4.78 is 11.3. The highest BCUT2D eigenvalue weighted by molar-refractivity contribution is 6.41. The summed E-state index contributed by atoms with van der Waals surface area (Å²) in [5.41, 5.74) is 0.0471. The van der Waals surface area contributed by atoms with E-state index in [0.29, 0.717) is 24.7 Å². The predicted octanol–water partition coefficient (Wildman–Crippen LogP) is 2.16. The van der Waals surface area contributed by atoms with Crippen molar-refractivity contribution in [1.29, 1.82) is 0 Å². The molecule has 0 atom stereocenters. The second-order valence-electron chi connectivity index (χ2n) is 5.00. The molecule has 3 rings (SSSR count). The molecule has 6 heteroatoms. The SMILES string of the molecule is O=C(O)C(=O)c1cc(Cl)c2c(c1)OCC1(CC1)CO2. The van der Waals surface area contributed by atoms with Crippen molar-refractivity contribution in [3.8, 4) is 11.5 Å². The van der Waals surface area contributed by atoms with E-state index in [2.05, 4.69) is 0 Å². The Hall–Kier alpha value is -1.75. The van der Waals surface area contributed by atoms with Gasteiger partial charge < -0.3 is 14.6 Å². The van der Waals surface area contributed by atoms with Crippen LogP contribution in [0.25, 0.3) is 0 Å². The highest BCUT2D eigenvalue weighted by Gasteiger charge is 2.46. The minimum Gasteiger partial charge on any atom is -0.489 e. The first-order valence-electron chi connectivity index (χ1n) is 5.88. The fourth-order valence-corrected chi connectivity index (χ4v) is 2.30. The van der Waals surface area contributed by atoms with Crippen molar-refractivity contribution in [2.45, 2.75) is 12.8 Å². The minimum absolute atomic E-state index is 0.00778. The lowest BCUT2D eigenvalue weighted by atomic mass is 10.1. The summed E-state index contributed by atoms with van der Waals surface area (Å²) in [4.78, 5) is 22.1. The van der Waals surface area contributed by atoms with Crippen LogP contribution in [0.3, 0.4) is 0 Å². The number of Topliss-reactive ketones (excluding diaryl/α,β-unsaturated/α-hetero) is 1. The molecule has 0 saturated heterocycles. The topological polar surface area (TPSA) is 72.8 Å². The van der Waals surface area contributed by atoms with Crippen molar-refractivity contribution in [2.24, 2.45) is 5.41 Å². The summed E-state index contributed by atoms with van der Waals surface area (Å²) in [7, 11) is 0. The molecule has 2 aliphatic rings. The van der Waals surface area contributed by atoms with Gasteiger partial charge in [-0.15, -0.1) is 0 Å². The molecular weight excluding hydrogens is 272 g/mol. The van der Waals surface area contributed by atoms with Crippen LogP contribution in [0.15, 0.2) is 12.1 Å². The van der Waals surface area contributed by atoms with E-state index in [4.69, 9.17) is 26.2 Å². The molecule has 1 aromatic carbocycles. The number of halogens is 1. The van der Waals surface area contributed by atoms with Gasteiger partial charge in [-0.2, -0.15) is 0 Å². The number of ether oxygens (including phenoxy) is 2. The standard InChI is InChI=1S/C13H11ClO5/c14-8-3-7(10(15)12(16)17)4-9-11(8)19-6-13(1-2-13)5-18-9/h3-4H,1-2,5-6H2,(H,16,17). The quantitative estimate of drug-likeness (QED) is 0.665. The number of carboxylic acids is 1. The number of hydrogen-bond donors (Lipinski definition) is 1. The highest BCUT2D eigenvalue weighted by Crippen LogP contribution is 2.50. The molecule has 5 nitrogen and oxygen atoms in total. The zero-order chi connectivity index (χ0) is 13.6. The maximum absolute atomic E-state index is 11.5. The molecule has 100 valence electrons. The molecule has 0 unspecified atom stereocenters. The van der Waals surface area contributed by atoms with Crippen molar-refractivity contribution in [2.75, 3.05) is 13.2 Å². The second kappa shape index (κ2) is 4.13. The van der Waals surface area contributed by atoms with E-state index < -0.39 is 11.8 Å². The number of ketones is 1. The molecule has 0 amide bonds. The van der Waals surface area contributed by atoms with Crippen LogP contribution in [0.2, 0.25) is 5.02 Å². The first kappa shape index (κ1) is 12.3. The Bertz CT molecular complexity index is 577. The Morgan fingerprint density at radius 1 is 1.21 bits per heavy atom. The first-order valence-corrected chi connectivity index (χ1v) is 6.25. The van der Waals surface area contributed by atoms with Crippen LogP contribution in [0.5, 0.6) is 11.5 Å². The van der Waals surface area contributed by atoms with E-state index in [0.717, 1.165) is 12.8 Å². The number of benzene rings is 1. The van der Waals surface area contributed by atoms with E-state index >= 15 is 0 Å². The van der Waals surface area contributed by atoms with Gasteiger partial charge >= 0.3 is 5.97 Å². The summed E-state index contributed by atoms with van der Waals surface area (Å²) in [5.74, 6) is -1.82. The van der Waals surface area contributed by atoms with Crippen molar-refractivity contribution < 1.29 is 24.2 Å². The molecule has 1 fully saturated rings. The molecule has 0 aromatic heterocycles. The Kier molecular flexibility index (Phi) is 2.67. The van der Waals surface area contributed by atoms with Gasteiger partial charge in [0.25, 0.3) is 5.78 Å². The summed E-state index contributed by atoms with van der Waals surface area (Å²) in [6.07, 6.45) is 2.08. The van der Waals surface area contributed by atoms with Gasteiger partial charge in [0.05, 0.1) is 18.2 Å². The van der Waals surface area contributed by atoms with Crippen molar-refractivity contribution in [3.05, 3.63) is 22.7 Å². The molecule has 0 radical (unpaired) electrons. The largest absolute Gasteiger partial charge is 0.489 e. The lowest BCUT2D eigenvalue weighted by Gasteiger charge is -2.10. The van der Waals surface area contributed by atoms with E-state index in [1.807, 2.05) is 0 Å². The molecule has 1 spiro atoms. The molecule has 1 aliphatic carbocycles. The summed E-state index contributed by atoms with van der Waals surface area (Å²) in [5, 5.41) is 8.91. The van der Waals surface area contributed by atoms with Crippen LogP contribution >= 0.6 is 11.6 Å². The Labute approximate surface area is 114 Å². The number of rotatable bonds is 2. The number of carboxylic acid groups (broad SMARTS) is 1. The van der Waals surface area contributed by atoms with E-state index in [9.17, 15) is 9.59 Å². The maximum atomic E-state index is 11.5. The third-order valence-corrected chi connectivity index (χ3v) is 3.76. The Balaban J connectivity index is 1.97. The van der Waals surface area contributed by atoms with Crippen molar-refractivity contribution in [1.82, 2.24) is 0 Å². The van der Waals surface area contributed by atoms with Crippen LogP contribution in [0, 0.1) is 5.41 Å². The fraction of sp³-hybridized carbons (Fsp3) is 0.385. The molecule has 0 bridgehead atoms. The van der Waals surface area contributed by atoms with Crippen LogP contribution in [-0.4, -0.2) is 30.1 Å². The maximum Gasteiger partial charge on any atom is 0.377 e. The second-order valence-corrected chi connectivity index (χ2v) is 5.40. The molecule has 1 aliphatic heterocycles. The van der Waals surface area contributed by atoms with Crippen LogP contribution < -0.4 is 9.47 Å². The smallest absolute Gasteiger partial charge is 0.377 e. The first-order chi connectivity index (χ1) is 9.01. The third-order valence-electron chi connectivity index (χ3n) is 3.48. The van der Waals surface area contributed by atoms with Gasteiger partial charge in [0.2, 0.25) is 0 Å². The molecule has 1 N–H and O–H groups in total. The van der Waals surface area contributed by atoms with Crippen LogP contribution in [0.1, 0.15) is 23.2 Å². The summed E-state index contributed by atoms with van der Waals surface area (Å²) >= 11 is 6.03. The number of carbonyl (C=O) groups is 2. The molecule has 19 heavy (non-hydrogen) atoms. The predicted molar refractivity (Wildman–Crippen MR) is 66.1 cm³/mol. The number of aliphatic carboxylic acids is 1. The number of carbonyl (C=O) groups excluding carboxylic acids is 1. The highest BCUT2D eigenvalue weighted by atomic mass is 35.5. The molecule has 1 aromatic rings. The monoisotopic (exact) mass is 282 g/mol. The Morgan fingerprint density at radius 3 is 2.53 bits per heavy atom. The van der Waals surface area contributed by atoms with Gasteiger partial charge in [-0.25, -0.2) is 4.79 Å². The van der Waals surface area contributed by atoms with Crippen molar-refractivity contribution in [3.63, 3.8) is 0 Å². The van der Waals surface area contributed by atoms with Gasteiger partial charge in [0, 0.05) is 11.0 Å². The normalized spacial score (nSPS) is 18.8. The number of fused-ring (bicyclic) bond motifs is 1. The molecule has 1 saturated carbocycles. The molecule has 1 heterocycles. The van der Waals surface area contributed by atoms with Gasteiger partial charge in [0.15, 0.2) is 11.5 Å². The lowest BCUT2D eigenvalue weighted by Crippen LogP contribution is -2.17. The van der Waals surface area contributed by atoms with Gasteiger partial charge in [-0.3, -0.25) is 4.79 Å². The zero-order valence-electron chi connectivity index (χ0n) is 9.94. The Morgan fingerprint density at radius 2 is 1.89 bits per heavy atom. The van der Waals surface area contributed by atoms with E-state index in [1.54, 1.807) is 0 Å². The number of hydrogen-bond acceptors (Lipinski definition) is 4. The van der Waals surface area contributed by atoms with Gasteiger partial charge in [-0.1, -0.05) is 11.6 Å². The van der Waals surface area contributed by atoms with Crippen LogP contribution in [0.4, 0.5) is 0 Å². The van der Waals surface area contributed by atoms with Gasteiger partial charge in [-0.05, 0) is 25.0 Å². The van der Waals surface area contributed by atoms with Gasteiger partial charge in [0.1, 0.15) is 0 Å².